The minimum atomic E-state index is -0.507. The van der Waals surface area contributed by atoms with Crippen LogP contribution in [-0.2, 0) is 4.79 Å². The van der Waals surface area contributed by atoms with Crippen LogP contribution in [0.5, 0.6) is 0 Å². The third-order valence-electron chi connectivity index (χ3n) is 5.04. The Balaban J connectivity index is 1.95. The van der Waals surface area contributed by atoms with E-state index in [0.717, 1.165) is 51.7 Å². The van der Waals surface area contributed by atoms with Gasteiger partial charge in [0.1, 0.15) is 6.29 Å². The summed E-state index contributed by atoms with van der Waals surface area (Å²) in [6.07, 6.45) is 11.1. The van der Waals surface area contributed by atoms with Crippen molar-refractivity contribution in [2.24, 2.45) is 5.41 Å². The Morgan fingerprint density at radius 1 is 1.00 bits per heavy atom. The fraction of sp³-hybridized carbons (Fsp3) is 0.938. The average Bonchev–Trinajstić information content (AvgIpc) is 2.70. The number of carbonyl (C=O) groups is 1. The number of aldehydes is 1. The molecular weight excluding hydrogens is 238 g/mol. The molecule has 110 valence electrons. The first-order valence-corrected chi connectivity index (χ1v) is 7.96. The molecule has 3 nitrogen and oxygen atoms in total. The second kappa shape index (κ2) is 6.36. The maximum absolute atomic E-state index is 11.6. The van der Waals surface area contributed by atoms with E-state index in [1.54, 1.807) is 0 Å². The molecule has 1 saturated heterocycles. The lowest BCUT2D eigenvalue weighted by atomic mass is 9.81. The SMILES string of the molecule is CC1(O)CCCN(CC2(C=O)CCCCCC2)CC1. The molecule has 0 aromatic rings. The van der Waals surface area contributed by atoms with Crippen molar-refractivity contribution in [3.05, 3.63) is 0 Å². The van der Waals surface area contributed by atoms with Crippen LogP contribution in [0.1, 0.15) is 64.7 Å². The minimum absolute atomic E-state index is 0.104. The van der Waals surface area contributed by atoms with Crippen LogP contribution in [0.2, 0.25) is 0 Å². The van der Waals surface area contributed by atoms with Gasteiger partial charge in [-0.05, 0) is 45.6 Å². The lowest BCUT2D eigenvalue weighted by molar-refractivity contribution is -0.118. The van der Waals surface area contributed by atoms with Crippen molar-refractivity contribution in [2.75, 3.05) is 19.6 Å². The largest absolute Gasteiger partial charge is 0.390 e. The molecule has 1 aliphatic heterocycles. The van der Waals surface area contributed by atoms with E-state index < -0.39 is 5.60 Å². The molecule has 2 rings (SSSR count). The van der Waals surface area contributed by atoms with E-state index in [2.05, 4.69) is 4.90 Å². The van der Waals surface area contributed by atoms with Crippen LogP contribution in [0, 0.1) is 5.41 Å². The second-order valence-electron chi connectivity index (χ2n) is 7.02. The fourth-order valence-corrected chi connectivity index (χ4v) is 3.67. The molecule has 0 amide bonds. The van der Waals surface area contributed by atoms with Crippen LogP contribution in [0.4, 0.5) is 0 Å². The summed E-state index contributed by atoms with van der Waals surface area (Å²) in [6.45, 7) is 4.82. The Kier molecular flexibility index (Phi) is 5.02. The normalized spacial score (nSPS) is 33.4. The lowest BCUT2D eigenvalue weighted by Crippen LogP contribution is -2.40. The third-order valence-corrected chi connectivity index (χ3v) is 5.04. The van der Waals surface area contributed by atoms with Gasteiger partial charge in [0.2, 0.25) is 0 Å². The lowest BCUT2D eigenvalue weighted by Gasteiger charge is -2.33. The van der Waals surface area contributed by atoms with E-state index in [1.165, 1.54) is 32.0 Å². The molecule has 0 spiro atoms. The monoisotopic (exact) mass is 267 g/mol. The summed E-state index contributed by atoms with van der Waals surface area (Å²) in [6, 6.07) is 0. The van der Waals surface area contributed by atoms with Crippen molar-refractivity contribution < 1.29 is 9.90 Å². The van der Waals surface area contributed by atoms with Crippen LogP contribution >= 0.6 is 0 Å². The summed E-state index contributed by atoms with van der Waals surface area (Å²) < 4.78 is 0. The molecule has 0 bridgehead atoms. The number of aliphatic hydroxyl groups is 1. The van der Waals surface area contributed by atoms with Crippen LogP contribution in [0.25, 0.3) is 0 Å². The van der Waals surface area contributed by atoms with Crippen LogP contribution < -0.4 is 0 Å². The van der Waals surface area contributed by atoms with Crippen molar-refractivity contribution in [3.63, 3.8) is 0 Å². The minimum Gasteiger partial charge on any atom is -0.390 e. The predicted octanol–water partition coefficient (Wildman–Crippen LogP) is 2.76. The molecule has 0 aromatic heterocycles. The predicted molar refractivity (Wildman–Crippen MR) is 77.1 cm³/mol. The van der Waals surface area contributed by atoms with Crippen molar-refractivity contribution in [1.82, 2.24) is 4.90 Å². The van der Waals surface area contributed by atoms with Gasteiger partial charge in [-0.1, -0.05) is 25.7 Å². The van der Waals surface area contributed by atoms with Gasteiger partial charge in [0.15, 0.2) is 0 Å². The zero-order chi connectivity index (χ0) is 13.8. The van der Waals surface area contributed by atoms with Crippen molar-refractivity contribution in [3.8, 4) is 0 Å². The average molecular weight is 267 g/mol. The highest BCUT2D eigenvalue weighted by molar-refractivity contribution is 5.59. The molecule has 19 heavy (non-hydrogen) atoms. The maximum atomic E-state index is 11.6. The number of hydrogen-bond acceptors (Lipinski definition) is 3. The molecule has 1 atom stereocenters. The summed E-state index contributed by atoms with van der Waals surface area (Å²) in [5.74, 6) is 0. The number of likely N-dealkylation sites (tertiary alicyclic amines) is 1. The number of nitrogens with zero attached hydrogens (tertiary/aromatic N) is 1. The Labute approximate surface area is 117 Å². The first-order chi connectivity index (χ1) is 9.05. The first-order valence-electron chi connectivity index (χ1n) is 7.96. The van der Waals surface area contributed by atoms with Crippen molar-refractivity contribution in [2.45, 2.75) is 70.3 Å². The molecule has 1 aliphatic carbocycles. The van der Waals surface area contributed by atoms with Gasteiger partial charge in [-0.3, -0.25) is 0 Å². The van der Waals surface area contributed by atoms with Gasteiger partial charge in [0.05, 0.1) is 5.60 Å². The first kappa shape index (κ1) is 15.0. The van der Waals surface area contributed by atoms with E-state index in [-0.39, 0.29) is 5.41 Å². The van der Waals surface area contributed by atoms with E-state index >= 15 is 0 Å². The van der Waals surface area contributed by atoms with Crippen molar-refractivity contribution in [1.29, 1.82) is 0 Å². The van der Waals surface area contributed by atoms with Gasteiger partial charge in [-0.25, -0.2) is 0 Å². The quantitative estimate of drug-likeness (QED) is 0.631. The summed E-state index contributed by atoms with van der Waals surface area (Å²) in [4.78, 5) is 14.1. The molecule has 0 aromatic carbocycles. The van der Waals surface area contributed by atoms with Gasteiger partial charge in [-0.2, -0.15) is 0 Å². The Morgan fingerprint density at radius 3 is 2.32 bits per heavy atom. The number of rotatable bonds is 3. The maximum Gasteiger partial charge on any atom is 0.127 e. The van der Waals surface area contributed by atoms with Gasteiger partial charge < -0.3 is 14.8 Å². The van der Waals surface area contributed by atoms with E-state index in [9.17, 15) is 9.90 Å². The number of carbonyl (C=O) groups excluding carboxylic acids is 1. The van der Waals surface area contributed by atoms with Crippen LogP contribution in [-0.4, -0.2) is 41.5 Å². The second-order valence-corrected chi connectivity index (χ2v) is 7.02. The summed E-state index contributed by atoms with van der Waals surface area (Å²) in [7, 11) is 0. The summed E-state index contributed by atoms with van der Waals surface area (Å²) in [5.41, 5.74) is -0.612. The standard InChI is InChI=1S/C16H29NO2/c1-15(19)7-6-11-17(12-10-15)13-16(14-18)8-4-2-3-5-9-16/h14,19H,2-13H2,1H3. The van der Waals surface area contributed by atoms with Gasteiger partial charge in [-0.15, -0.1) is 0 Å². The molecule has 0 radical (unpaired) electrons. The van der Waals surface area contributed by atoms with E-state index in [4.69, 9.17) is 0 Å². The summed E-state index contributed by atoms with van der Waals surface area (Å²) >= 11 is 0. The van der Waals surface area contributed by atoms with Crippen LogP contribution in [0.3, 0.4) is 0 Å². The molecule has 3 heteroatoms. The molecule has 1 heterocycles. The molecule has 2 aliphatic rings. The molecular formula is C16H29NO2. The highest BCUT2D eigenvalue weighted by atomic mass is 16.3. The molecule has 2 fully saturated rings. The van der Waals surface area contributed by atoms with E-state index in [0.29, 0.717) is 0 Å². The van der Waals surface area contributed by atoms with Crippen molar-refractivity contribution >= 4 is 6.29 Å². The van der Waals surface area contributed by atoms with Crippen LogP contribution in [0.15, 0.2) is 0 Å². The zero-order valence-electron chi connectivity index (χ0n) is 12.4. The molecule has 1 N–H and O–H groups in total. The van der Waals surface area contributed by atoms with Gasteiger partial charge in [0, 0.05) is 18.5 Å². The third kappa shape index (κ3) is 4.28. The zero-order valence-corrected chi connectivity index (χ0v) is 12.4. The van der Waals surface area contributed by atoms with Gasteiger partial charge in [0.25, 0.3) is 0 Å². The smallest absolute Gasteiger partial charge is 0.127 e. The Hall–Kier alpha value is -0.410. The highest BCUT2D eigenvalue weighted by Gasteiger charge is 2.34. The Morgan fingerprint density at radius 2 is 1.68 bits per heavy atom. The molecule has 1 saturated carbocycles. The Bertz CT molecular complexity index is 293. The fourth-order valence-electron chi connectivity index (χ4n) is 3.67. The molecule has 1 unspecified atom stereocenters. The highest BCUT2D eigenvalue weighted by Crippen LogP contribution is 2.35. The van der Waals surface area contributed by atoms with Gasteiger partial charge >= 0.3 is 0 Å². The van der Waals surface area contributed by atoms with E-state index in [1.807, 2.05) is 6.92 Å². The summed E-state index contributed by atoms with van der Waals surface area (Å²) in [5, 5.41) is 10.1. The number of hydrogen-bond donors (Lipinski definition) is 1. The topological polar surface area (TPSA) is 40.5 Å².